The summed E-state index contributed by atoms with van der Waals surface area (Å²) >= 11 is 0. The number of fused-ring (bicyclic) bond motifs is 1. The monoisotopic (exact) mass is 360 g/mol. The number of aryl methyl sites for hydroxylation is 2. The standard InChI is InChI=1S/C21H20N4O2/c1-12-13(2)23-19-11-14(7-10-18(19)22-12)20(26)25-17-6-4-3-5-16(17)21(27)24-15-8-9-15/h3-7,10-11,15H,8-9H2,1-2H3,(H,24,27)(H,25,26). The van der Waals surface area contributed by atoms with Gasteiger partial charge in [-0.1, -0.05) is 12.1 Å². The molecular formula is C21H20N4O2. The minimum atomic E-state index is -0.288. The fourth-order valence-electron chi connectivity index (χ4n) is 2.85. The summed E-state index contributed by atoms with van der Waals surface area (Å²) in [6, 6.07) is 12.5. The summed E-state index contributed by atoms with van der Waals surface area (Å²) in [6.07, 6.45) is 2.02. The van der Waals surface area contributed by atoms with Crippen molar-refractivity contribution in [2.75, 3.05) is 5.32 Å². The van der Waals surface area contributed by atoms with Crippen LogP contribution in [0, 0.1) is 13.8 Å². The normalized spacial score (nSPS) is 13.4. The van der Waals surface area contributed by atoms with Gasteiger partial charge in [0.25, 0.3) is 11.8 Å². The first-order valence-corrected chi connectivity index (χ1v) is 8.97. The number of carbonyl (C=O) groups excluding carboxylic acids is 2. The number of rotatable bonds is 4. The van der Waals surface area contributed by atoms with Crippen molar-refractivity contribution in [3.8, 4) is 0 Å². The van der Waals surface area contributed by atoms with Crippen molar-refractivity contribution < 1.29 is 9.59 Å². The van der Waals surface area contributed by atoms with Crippen molar-refractivity contribution in [3.63, 3.8) is 0 Å². The molecule has 1 saturated carbocycles. The third-order valence-corrected chi connectivity index (χ3v) is 4.67. The molecule has 3 aromatic rings. The predicted molar refractivity (Wildman–Crippen MR) is 104 cm³/mol. The van der Waals surface area contributed by atoms with Gasteiger partial charge in [-0.15, -0.1) is 0 Å². The number of nitrogens with zero attached hydrogens (tertiary/aromatic N) is 2. The third kappa shape index (κ3) is 3.65. The summed E-state index contributed by atoms with van der Waals surface area (Å²) in [5.74, 6) is -0.451. The van der Waals surface area contributed by atoms with E-state index in [-0.39, 0.29) is 17.9 Å². The second kappa shape index (κ2) is 6.79. The van der Waals surface area contributed by atoms with Crippen molar-refractivity contribution in [1.29, 1.82) is 0 Å². The van der Waals surface area contributed by atoms with Crippen LogP contribution in [0.5, 0.6) is 0 Å². The van der Waals surface area contributed by atoms with Gasteiger partial charge in [0.2, 0.25) is 0 Å². The van der Waals surface area contributed by atoms with Gasteiger partial charge in [-0.3, -0.25) is 9.59 Å². The fourth-order valence-corrected chi connectivity index (χ4v) is 2.85. The molecular weight excluding hydrogens is 340 g/mol. The van der Waals surface area contributed by atoms with E-state index in [1.807, 2.05) is 13.8 Å². The Balaban J connectivity index is 1.60. The molecule has 136 valence electrons. The topological polar surface area (TPSA) is 84.0 Å². The number of aromatic nitrogens is 2. The highest BCUT2D eigenvalue weighted by Gasteiger charge is 2.25. The van der Waals surface area contributed by atoms with Gasteiger partial charge in [-0.05, 0) is 57.0 Å². The zero-order valence-corrected chi connectivity index (χ0v) is 15.2. The first-order chi connectivity index (χ1) is 13.0. The third-order valence-electron chi connectivity index (χ3n) is 4.67. The van der Waals surface area contributed by atoms with Gasteiger partial charge in [0, 0.05) is 11.6 Å². The molecule has 1 heterocycles. The molecule has 0 radical (unpaired) electrons. The van der Waals surface area contributed by atoms with Crippen molar-refractivity contribution in [2.45, 2.75) is 32.7 Å². The number of anilines is 1. The smallest absolute Gasteiger partial charge is 0.255 e. The van der Waals surface area contributed by atoms with E-state index in [2.05, 4.69) is 20.6 Å². The van der Waals surface area contributed by atoms with Crippen LogP contribution < -0.4 is 10.6 Å². The maximum atomic E-state index is 12.7. The number of para-hydroxylation sites is 1. The lowest BCUT2D eigenvalue weighted by Crippen LogP contribution is -2.27. The Labute approximate surface area is 157 Å². The van der Waals surface area contributed by atoms with E-state index in [0.29, 0.717) is 22.3 Å². The van der Waals surface area contributed by atoms with E-state index >= 15 is 0 Å². The maximum absolute atomic E-state index is 12.7. The van der Waals surface area contributed by atoms with Gasteiger partial charge in [-0.25, -0.2) is 9.97 Å². The van der Waals surface area contributed by atoms with Crippen LogP contribution in [0.3, 0.4) is 0 Å². The molecule has 0 aliphatic heterocycles. The first kappa shape index (κ1) is 17.1. The van der Waals surface area contributed by atoms with Gasteiger partial charge >= 0.3 is 0 Å². The molecule has 0 unspecified atom stereocenters. The highest BCUT2D eigenvalue weighted by Crippen LogP contribution is 2.22. The van der Waals surface area contributed by atoms with Crippen LogP contribution >= 0.6 is 0 Å². The van der Waals surface area contributed by atoms with Crippen molar-refractivity contribution in [1.82, 2.24) is 15.3 Å². The Morgan fingerprint density at radius 3 is 2.37 bits per heavy atom. The molecule has 1 fully saturated rings. The van der Waals surface area contributed by atoms with Crippen molar-refractivity contribution >= 4 is 28.5 Å². The van der Waals surface area contributed by atoms with E-state index in [1.54, 1.807) is 42.5 Å². The lowest BCUT2D eigenvalue weighted by atomic mass is 10.1. The minimum Gasteiger partial charge on any atom is -0.349 e. The first-order valence-electron chi connectivity index (χ1n) is 8.97. The summed E-state index contributed by atoms with van der Waals surface area (Å²) in [6.45, 7) is 3.80. The van der Waals surface area contributed by atoms with Gasteiger partial charge in [0.05, 0.1) is 33.7 Å². The van der Waals surface area contributed by atoms with Gasteiger partial charge in [0.15, 0.2) is 0 Å². The second-order valence-electron chi connectivity index (χ2n) is 6.85. The molecule has 0 saturated heterocycles. The van der Waals surface area contributed by atoms with Gasteiger partial charge in [0.1, 0.15) is 0 Å². The highest BCUT2D eigenvalue weighted by atomic mass is 16.2. The van der Waals surface area contributed by atoms with E-state index < -0.39 is 0 Å². The van der Waals surface area contributed by atoms with Crippen LogP contribution in [0.15, 0.2) is 42.5 Å². The average molecular weight is 360 g/mol. The summed E-state index contributed by atoms with van der Waals surface area (Å²) in [7, 11) is 0. The van der Waals surface area contributed by atoms with Crippen LogP contribution in [0.2, 0.25) is 0 Å². The Bertz CT molecular complexity index is 1060. The molecule has 6 nitrogen and oxygen atoms in total. The van der Waals surface area contributed by atoms with E-state index in [4.69, 9.17) is 0 Å². The molecule has 2 aromatic carbocycles. The molecule has 4 rings (SSSR count). The van der Waals surface area contributed by atoms with Crippen LogP contribution in [0.1, 0.15) is 44.9 Å². The van der Waals surface area contributed by atoms with Crippen LogP contribution in [0.25, 0.3) is 11.0 Å². The van der Waals surface area contributed by atoms with Crippen molar-refractivity contribution in [2.24, 2.45) is 0 Å². The molecule has 0 atom stereocenters. The van der Waals surface area contributed by atoms with Gasteiger partial charge in [-0.2, -0.15) is 0 Å². The summed E-state index contributed by atoms with van der Waals surface area (Å²) < 4.78 is 0. The molecule has 2 amide bonds. The number of amides is 2. The van der Waals surface area contributed by atoms with Gasteiger partial charge < -0.3 is 10.6 Å². The van der Waals surface area contributed by atoms with E-state index in [0.717, 1.165) is 29.7 Å². The molecule has 1 aliphatic carbocycles. The largest absolute Gasteiger partial charge is 0.349 e. The second-order valence-corrected chi connectivity index (χ2v) is 6.85. The molecule has 1 aromatic heterocycles. The number of carbonyl (C=O) groups is 2. The zero-order valence-electron chi connectivity index (χ0n) is 15.2. The quantitative estimate of drug-likeness (QED) is 0.747. The number of hydrogen-bond donors (Lipinski definition) is 2. The molecule has 0 spiro atoms. The summed E-state index contributed by atoms with van der Waals surface area (Å²) in [5, 5.41) is 5.79. The highest BCUT2D eigenvalue weighted by molar-refractivity contribution is 6.10. The molecule has 2 N–H and O–H groups in total. The van der Waals surface area contributed by atoms with Crippen LogP contribution in [-0.4, -0.2) is 27.8 Å². The Morgan fingerprint density at radius 2 is 1.63 bits per heavy atom. The molecule has 1 aliphatic rings. The molecule has 6 heteroatoms. The van der Waals surface area contributed by atoms with Crippen LogP contribution in [-0.2, 0) is 0 Å². The SMILES string of the molecule is Cc1nc2ccc(C(=O)Nc3ccccc3C(=O)NC3CC3)cc2nc1C. The maximum Gasteiger partial charge on any atom is 0.255 e. The predicted octanol–water partition coefficient (Wildman–Crippen LogP) is 3.39. The fraction of sp³-hybridized carbons (Fsp3) is 0.238. The molecule has 27 heavy (non-hydrogen) atoms. The molecule has 0 bridgehead atoms. The average Bonchev–Trinajstić information content (AvgIpc) is 3.46. The van der Waals surface area contributed by atoms with E-state index in [9.17, 15) is 9.59 Å². The lowest BCUT2D eigenvalue weighted by molar-refractivity contribution is 0.0952. The lowest BCUT2D eigenvalue weighted by Gasteiger charge is -2.11. The number of hydrogen-bond acceptors (Lipinski definition) is 4. The summed E-state index contributed by atoms with van der Waals surface area (Å²) in [5.41, 5.74) is 4.55. The number of benzene rings is 2. The Kier molecular flexibility index (Phi) is 4.32. The van der Waals surface area contributed by atoms with E-state index in [1.165, 1.54) is 0 Å². The Morgan fingerprint density at radius 1 is 0.926 bits per heavy atom. The van der Waals surface area contributed by atoms with Crippen LogP contribution in [0.4, 0.5) is 5.69 Å². The number of nitrogens with one attached hydrogen (secondary N) is 2. The summed E-state index contributed by atoms with van der Waals surface area (Å²) in [4.78, 5) is 34.1. The Hall–Kier alpha value is -3.28. The van der Waals surface area contributed by atoms with Crippen molar-refractivity contribution in [3.05, 3.63) is 65.0 Å². The minimum absolute atomic E-state index is 0.163. The zero-order chi connectivity index (χ0) is 19.0.